The zero-order valence-corrected chi connectivity index (χ0v) is 16.6. The molecule has 2 heterocycles. The van der Waals surface area contributed by atoms with Gasteiger partial charge in [-0.2, -0.15) is 18.0 Å². The molecule has 0 atom stereocenters. The number of hydrogen-bond donors (Lipinski definition) is 1. The Morgan fingerprint density at radius 2 is 1.77 bits per heavy atom. The van der Waals surface area contributed by atoms with Gasteiger partial charge in [-0.1, -0.05) is 12.1 Å². The normalized spacial score (nSPS) is 14.5. The van der Waals surface area contributed by atoms with E-state index in [4.69, 9.17) is 0 Å². The molecule has 3 aromatic rings. The van der Waals surface area contributed by atoms with Crippen molar-refractivity contribution in [3.8, 4) is 11.4 Å². The number of piperidine rings is 1. The van der Waals surface area contributed by atoms with Crippen LogP contribution in [0.1, 0.15) is 24.8 Å². The predicted molar refractivity (Wildman–Crippen MR) is 109 cm³/mol. The van der Waals surface area contributed by atoms with Crippen LogP contribution < -0.4 is 10.2 Å². The number of rotatable bonds is 5. The molecule has 1 aromatic heterocycles. The van der Waals surface area contributed by atoms with Gasteiger partial charge in [0.1, 0.15) is 6.54 Å². The Morgan fingerprint density at radius 3 is 2.48 bits per heavy atom. The number of benzene rings is 2. The molecule has 0 spiro atoms. The Morgan fingerprint density at radius 1 is 1.03 bits per heavy atom. The third-order valence-electron chi connectivity index (χ3n) is 5.06. The molecule has 0 bridgehead atoms. The van der Waals surface area contributed by atoms with E-state index >= 15 is 0 Å². The second kappa shape index (κ2) is 8.75. The Bertz CT molecular complexity index is 1040. The van der Waals surface area contributed by atoms with E-state index < -0.39 is 11.7 Å². The molecule has 1 saturated heterocycles. The number of nitrogens with zero attached hydrogens (tertiary/aromatic N) is 5. The molecule has 2 aromatic carbocycles. The van der Waals surface area contributed by atoms with Crippen molar-refractivity contribution in [1.82, 2.24) is 20.2 Å². The molecule has 1 aliphatic rings. The number of alkyl halides is 3. The summed E-state index contributed by atoms with van der Waals surface area (Å²) in [5.74, 6) is -0.344. The van der Waals surface area contributed by atoms with Crippen LogP contribution in [0, 0.1) is 0 Å². The Hall–Kier alpha value is -3.43. The van der Waals surface area contributed by atoms with E-state index in [1.165, 1.54) is 31.4 Å². The van der Waals surface area contributed by atoms with Gasteiger partial charge in [-0.15, -0.1) is 10.2 Å². The molecule has 7 nitrogen and oxygen atoms in total. The summed E-state index contributed by atoms with van der Waals surface area (Å²) in [6.07, 6.45) is -0.830. The molecule has 31 heavy (non-hydrogen) atoms. The lowest BCUT2D eigenvalue weighted by molar-refractivity contribution is -0.137. The molecule has 4 rings (SSSR count). The number of anilines is 2. The summed E-state index contributed by atoms with van der Waals surface area (Å²) in [6.45, 7) is 1.87. The first-order valence-corrected chi connectivity index (χ1v) is 9.99. The molecule has 1 fully saturated rings. The quantitative estimate of drug-likeness (QED) is 0.663. The second-order valence-corrected chi connectivity index (χ2v) is 7.36. The number of nitrogens with one attached hydrogen (secondary N) is 1. The molecule has 10 heteroatoms. The Labute approximate surface area is 176 Å². The lowest BCUT2D eigenvalue weighted by Crippen LogP contribution is -2.29. The van der Waals surface area contributed by atoms with Gasteiger partial charge >= 0.3 is 6.18 Å². The highest BCUT2D eigenvalue weighted by atomic mass is 19.4. The van der Waals surface area contributed by atoms with Gasteiger partial charge in [-0.25, -0.2) is 0 Å². The summed E-state index contributed by atoms with van der Waals surface area (Å²) in [7, 11) is 0. The van der Waals surface area contributed by atoms with Crippen molar-refractivity contribution in [2.24, 2.45) is 0 Å². The fraction of sp³-hybridized carbons (Fsp3) is 0.333. The lowest BCUT2D eigenvalue weighted by atomic mass is 10.1. The zero-order chi connectivity index (χ0) is 21.8. The zero-order valence-electron chi connectivity index (χ0n) is 16.6. The van der Waals surface area contributed by atoms with Gasteiger partial charge in [-0.05, 0) is 60.9 Å². The average Bonchev–Trinajstić information content (AvgIpc) is 3.23. The van der Waals surface area contributed by atoms with Crippen LogP contribution in [0.25, 0.3) is 11.4 Å². The summed E-state index contributed by atoms with van der Waals surface area (Å²) in [5, 5.41) is 14.3. The molecule has 1 N–H and O–H groups in total. The van der Waals surface area contributed by atoms with Crippen LogP contribution in [0.3, 0.4) is 0 Å². The standard InChI is InChI=1S/C21H21F3N6O/c22-21(23,24)16-6-4-5-15(13-16)20-26-28-30(27-20)14-19(31)25-17-7-9-18(10-8-17)29-11-2-1-3-12-29/h4-10,13H,1-3,11-12,14H2,(H,25,31). The largest absolute Gasteiger partial charge is 0.416 e. The highest BCUT2D eigenvalue weighted by Crippen LogP contribution is 2.31. The summed E-state index contributed by atoms with van der Waals surface area (Å²) in [5.41, 5.74) is 1.15. The minimum atomic E-state index is -4.46. The topological polar surface area (TPSA) is 75.9 Å². The maximum absolute atomic E-state index is 12.9. The van der Waals surface area contributed by atoms with Crippen molar-refractivity contribution in [3.05, 3.63) is 54.1 Å². The van der Waals surface area contributed by atoms with Crippen LogP contribution in [0.2, 0.25) is 0 Å². The fourth-order valence-electron chi connectivity index (χ4n) is 3.50. The van der Waals surface area contributed by atoms with Crippen LogP contribution >= 0.6 is 0 Å². The monoisotopic (exact) mass is 430 g/mol. The number of aromatic nitrogens is 4. The van der Waals surface area contributed by atoms with Crippen molar-refractivity contribution in [1.29, 1.82) is 0 Å². The summed E-state index contributed by atoms with van der Waals surface area (Å²) >= 11 is 0. The van der Waals surface area contributed by atoms with Crippen molar-refractivity contribution in [2.45, 2.75) is 32.0 Å². The lowest BCUT2D eigenvalue weighted by Gasteiger charge is -2.28. The first-order valence-electron chi connectivity index (χ1n) is 9.99. The molecular formula is C21H21F3N6O. The predicted octanol–water partition coefficient (Wildman–Crippen LogP) is 3.99. The highest BCUT2D eigenvalue weighted by Gasteiger charge is 2.30. The smallest absolute Gasteiger partial charge is 0.372 e. The van der Waals surface area contributed by atoms with Crippen LogP contribution in [0.15, 0.2) is 48.5 Å². The second-order valence-electron chi connectivity index (χ2n) is 7.36. The van der Waals surface area contributed by atoms with Crippen LogP contribution in [0.4, 0.5) is 24.5 Å². The highest BCUT2D eigenvalue weighted by molar-refractivity contribution is 5.90. The van der Waals surface area contributed by atoms with Gasteiger partial charge in [0, 0.05) is 30.0 Å². The van der Waals surface area contributed by atoms with Crippen molar-refractivity contribution in [2.75, 3.05) is 23.3 Å². The average molecular weight is 430 g/mol. The Balaban J connectivity index is 1.37. The number of hydrogen-bond acceptors (Lipinski definition) is 5. The minimum absolute atomic E-state index is 0.0183. The summed E-state index contributed by atoms with van der Waals surface area (Å²) < 4.78 is 38.6. The number of carbonyl (C=O) groups is 1. The van der Waals surface area contributed by atoms with E-state index in [0.717, 1.165) is 35.7 Å². The SMILES string of the molecule is O=C(Cn1nnc(-c2cccc(C(F)(F)F)c2)n1)Nc1ccc(N2CCCCC2)cc1. The number of amides is 1. The number of tetrazole rings is 1. The first kappa shape index (κ1) is 20.8. The van der Waals surface area contributed by atoms with E-state index in [0.29, 0.717) is 5.69 Å². The van der Waals surface area contributed by atoms with E-state index in [-0.39, 0.29) is 23.8 Å². The fourth-order valence-corrected chi connectivity index (χ4v) is 3.50. The maximum atomic E-state index is 12.9. The molecule has 1 amide bonds. The van der Waals surface area contributed by atoms with Gasteiger partial charge in [0.15, 0.2) is 0 Å². The van der Waals surface area contributed by atoms with Crippen LogP contribution in [-0.2, 0) is 17.5 Å². The first-order chi connectivity index (χ1) is 14.9. The van der Waals surface area contributed by atoms with Crippen molar-refractivity contribution in [3.63, 3.8) is 0 Å². The minimum Gasteiger partial charge on any atom is -0.372 e. The van der Waals surface area contributed by atoms with Gasteiger partial charge in [-0.3, -0.25) is 4.79 Å². The molecular weight excluding hydrogens is 409 g/mol. The van der Waals surface area contributed by atoms with E-state index in [1.807, 2.05) is 24.3 Å². The summed E-state index contributed by atoms with van der Waals surface area (Å²) in [4.78, 5) is 15.7. The molecule has 0 unspecified atom stereocenters. The molecule has 0 saturated carbocycles. The molecule has 162 valence electrons. The van der Waals surface area contributed by atoms with Gasteiger partial charge in [0.2, 0.25) is 11.7 Å². The van der Waals surface area contributed by atoms with E-state index in [1.54, 1.807) is 0 Å². The van der Waals surface area contributed by atoms with Gasteiger partial charge in [0.05, 0.1) is 5.56 Å². The van der Waals surface area contributed by atoms with Crippen molar-refractivity contribution < 1.29 is 18.0 Å². The van der Waals surface area contributed by atoms with Gasteiger partial charge in [0.25, 0.3) is 0 Å². The van der Waals surface area contributed by atoms with Crippen LogP contribution in [0.5, 0.6) is 0 Å². The molecule has 0 radical (unpaired) electrons. The van der Waals surface area contributed by atoms with Gasteiger partial charge < -0.3 is 10.2 Å². The summed E-state index contributed by atoms with van der Waals surface area (Å²) in [6, 6.07) is 12.3. The third kappa shape index (κ3) is 5.19. The maximum Gasteiger partial charge on any atom is 0.416 e. The number of carbonyl (C=O) groups excluding carboxylic acids is 1. The number of halogens is 3. The molecule has 1 aliphatic heterocycles. The van der Waals surface area contributed by atoms with E-state index in [9.17, 15) is 18.0 Å². The third-order valence-corrected chi connectivity index (χ3v) is 5.06. The Kier molecular flexibility index (Phi) is 5.88. The van der Waals surface area contributed by atoms with E-state index in [2.05, 4.69) is 25.6 Å². The molecule has 0 aliphatic carbocycles. The van der Waals surface area contributed by atoms with Crippen molar-refractivity contribution >= 4 is 17.3 Å². The van der Waals surface area contributed by atoms with Crippen LogP contribution in [-0.4, -0.2) is 39.2 Å².